The fourth-order valence-corrected chi connectivity index (χ4v) is 2.53. The SMILES string of the molecule is CC(C)CNCc1csc(N(C)C(C)C(C)C)n1. The maximum Gasteiger partial charge on any atom is 0.185 e. The molecule has 104 valence electrons. The van der Waals surface area contributed by atoms with Crippen LogP contribution in [0.3, 0.4) is 0 Å². The largest absolute Gasteiger partial charge is 0.348 e. The zero-order chi connectivity index (χ0) is 13.7. The number of hydrogen-bond acceptors (Lipinski definition) is 4. The van der Waals surface area contributed by atoms with Gasteiger partial charge in [0.1, 0.15) is 0 Å². The Bertz CT molecular complexity index is 347. The summed E-state index contributed by atoms with van der Waals surface area (Å²) >= 11 is 1.74. The molecule has 0 saturated carbocycles. The Labute approximate surface area is 116 Å². The van der Waals surface area contributed by atoms with Crippen LogP contribution in [0.25, 0.3) is 0 Å². The zero-order valence-electron chi connectivity index (χ0n) is 12.5. The summed E-state index contributed by atoms with van der Waals surface area (Å²) in [6, 6.07) is 0.521. The Morgan fingerprint density at radius 3 is 2.50 bits per heavy atom. The van der Waals surface area contributed by atoms with E-state index in [1.54, 1.807) is 11.3 Å². The van der Waals surface area contributed by atoms with E-state index >= 15 is 0 Å². The molecule has 3 nitrogen and oxygen atoms in total. The number of rotatable bonds is 7. The topological polar surface area (TPSA) is 28.2 Å². The first-order valence-electron chi connectivity index (χ1n) is 6.79. The van der Waals surface area contributed by atoms with Gasteiger partial charge >= 0.3 is 0 Å². The van der Waals surface area contributed by atoms with E-state index in [0.29, 0.717) is 17.9 Å². The summed E-state index contributed by atoms with van der Waals surface area (Å²) in [4.78, 5) is 6.97. The normalized spacial score (nSPS) is 13.3. The van der Waals surface area contributed by atoms with Crippen LogP contribution in [0.2, 0.25) is 0 Å². The summed E-state index contributed by atoms with van der Waals surface area (Å²) in [5.41, 5.74) is 1.15. The van der Waals surface area contributed by atoms with Gasteiger partial charge in [-0.25, -0.2) is 4.98 Å². The molecule has 1 unspecified atom stereocenters. The van der Waals surface area contributed by atoms with E-state index in [0.717, 1.165) is 23.9 Å². The summed E-state index contributed by atoms with van der Waals surface area (Å²) in [5, 5.41) is 6.71. The van der Waals surface area contributed by atoms with Gasteiger partial charge in [0.2, 0.25) is 0 Å². The zero-order valence-corrected chi connectivity index (χ0v) is 13.3. The van der Waals surface area contributed by atoms with E-state index < -0.39 is 0 Å². The summed E-state index contributed by atoms with van der Waals surface area (Å²) < 4.78 is 0. The summed E-state index contributed by atoms with van der Waals surface area (Å²) in [5.74, 6) is 1.33. The highest BCUT2D eigenvalue weighted by atomic mass is 32.1. The molecule has 0 bridgehead atoms. The molecule has 0 spiro atoms. The number of thiazole rings is 1. The lowest BCUT2D eigenvalue weighted by atomic mass is 10.1. The maximum absolute atomic E-state index is 4.69. The van der Waals surface area contributed by atoms with Gasteiger partial charge in [-0.05, 0) is 25.3 Å². The lowest BCUT2D eigenvalue weighted by Crippen LogP contribution is -2.33. The highest BCUT2D eigenvalue weighted by molar-refractivity contribution is 7.13. The van der Waals surface area contributed by atoms with Crippen LogP contribution in [0.1, 0.15) is 40.3 Å². The Morgan fingerprint density at radius 2 is 1.94 bits per heavy atom. The summed E-state index contributed by atoms with van der Waals surface area (Å²) in [6.07, 6.45) is 0. The smallest absolute Gasteiger partial charge is 0.185 e. The first kappa shape index (κ1) is 15.4. The number of aromatic nitrogens is 1. The molecule has 0 amide bonds. The first-order chi connectivity index (χ1) is 8.41. The molecule has 1 rings (SSSR count). The molecule has 0 aliphatic carbocycles. The maximum atomic E-state index is 4.69. The average Bonchev–Trinajstić information content (AvgIpc) is 2.75. The van der Waals surface area contributed by atoms with Crippen LogP contribution in [-0.4, -0.2) is 24.6 Å². The molecule has 1 N–H and O–H groups in total. The minimum Gasteiger partial charge on any atom is -0.348 e. The van der Waals surface area contributed by atoms with Crippen LogP contribution >= 0.6 is 11.3 Å². The van der Waals surface area contributed by atoms with Crippen LogP contribution in [0.15, 0.2) is 5.38 Å². The average molecular weight is 269 g/mol. The van der Waals surface area contributed by atoms with Crippen molar-refractivity contribution in [3.8, 4) is 0 Å². The van der Waals surface area contributed by atoms with Gasteiger partial charge in [-0.2, -0.15) is 0 Å². The van der Waals surface area contributed by atoms with Crippen LogP contribution < -0.4 is 10.2 Å². The third-order valence-corrected chi connectivity index (χ3v) is 4.26. The van der Waals surface area contributed by atoms with Crippen molar-refractivity contribution in [2.24, 2.45) is 11.8 Å². The standard InChI is InChI=1S/C14H27N3S/c1-10(2)7-15-8-13-9-18-14(16-13)17(6)12(5)11(3)4/h9-12,15H,7-8H2,1-6H3. The second-order valence-electron chi connectivity index (χ2n) is 5.74. The number of hydrogen-bond donors (Lipinski definition) is 1. The summed E-state index contributed by atoms with van der Waals surface area (Å²) in [6.45, 7) is 13.1. The minimum absolute atomic E-state index is 0.521. The van der Waals surface area contributed by atoms with Crippen LogP contribution in [0, 0.1) is 11.8 Å². The lowest BCUT2D eigenvalue weighted by Gasteiger charge is -2.27. The molecule has 0 aliphatic rings. The molecule has 0 radical (unpaired) electrons. The Morgan fingerprint density at radius 1 is 1.28 bits per heavy atom. The molecule has 1 aromatic rings. The highest BCUT2D eigenvalue weighted by Gasteiger charge is 2.16. The predicted octanol–water partition coefficient (Wildman–Crippen LogP) is 3.37. The molecule has 1 heterocycles. The molecule has 0 fully saturated rings. The van der Waals surface area contributed by atoms with Gasteiger partial charge in [-0.1, -0.05) is 27.7 Å². The molecular weight excluding hydrogens is 242 g/mol. The second-order valence-corrected chi connectivity index (χ2v) is 6.58. The molecule has 0 saturated heterocycles. The Balaban J connectivity index is 2.52. The fourth-order valence-electron chi connectivity index (χ4n) is 1.65. The van der Waals surface area contributed by atoms with Crippen molar-refractivity contribution in [3.05, 3.63) is 11.1 Å². The predicted molar refractivity (Wildman–Crippen MR) is 81.4 cm³/mol. The quantitative estimate of drug-likeness (QED) is 0.822. The Kier molecular flexibility index (Phi) is 6.09. The third-order valence-electron chi connectivity index (χ3n) is 3.28. The fraction of sp³-hybridized carbons (Fsp3) is 0.786. The molecular formula is C14H27N3S. The van der Waals surface area contributed by atoms with Gasteiger partial charge in [0, 0.05) is 25.0 Å². The minimum atomic E-state index is 0.521. The van der Waals surface area contributed by atoms with Crippen molar-refractivity contribution in [2.75, 3.05) is 18.5 Å². The van der Waals surface area contributed by atoms with Crippen molar-refractivity contribution >= 4 is 16.5 Å². The first-order valence-corrected chi connectivity index (χ1v) is 7.67. The van der Waals surface area contributed by atoms with E-state index in [-0.39, 0.29) is 0 Å². The van der Waals surface area contributed by atoms with Crippen molar-refractivity contribution in [3.63, 3.8) is 0 Å². The van der Waals surface area contributed by atoms with Gasteiger partial charge in [0.25, 0.3) is 0 Å². The number of anilines is 1. The monoisotopic (exact) mass is 269 g/mol. The molecule has 0 aliphatic heterocycles. The number of nitrogens with one attached hydrogen (secondary N) is 1. The van der Waals surface area contributed by atoms with E-state index in [9.17, 15) is 0 Å². The van der Waals surface area contributed by atoms with Gasteiger partial charge in [-0.15, -0.1) is 11.3 Å². The van der Waals surface area contributed by atoms with Gasteiger partial charge in [0.05, 0.1) is 5.69 Å². The third kappa shape index (κ3) is 4.58. The highest BCUT2D eigenvalue weighted by Crippen LogP contribution is 2.23. The van der Waals surface area contributed by atoms with Crippen molar-refractivity contribution in [2.45, 2.75) is 47.2 Å². The van der Waals surface area contributed by atoms with E-state index in [4.69, 9.17) is 4.98 Å². The van der Waals surface area contributed by atoms with E-state index in [2.05, 4.69) is 57.3 Å². The molecule has 1 atom stereocenters. The van der Waals surface area contributed by atoms with Gasteiger partial charge in [-0.3, -0.25) is 0 Å². The molecule has 18 heavy (non-hydrogen) atoms. The van der Waals surface area contributed by atoms with Crippen LogP contribution in [0.4, 0.5) is 5.13 Å². The van der Waals surface area contributed by atoms with E-state index in [1.165, 1.54) is 0 Å². The summed E-state index contributed by atoms with van der Waals surface area (Å²) in [7, 11) is 2.13. The van der Waals surface area contributed by atoms with Crippen molar-refractivity contribution < 1.29 is 0 Å². The van der Waals surface area contributed by atoms with Gasteiger partial charge < -0.3 is 10.2 Å². The lowest BCUT2D eigenvalue weighted by molar-refractivity contribution is 0.504. The van der Waals surface area contributed by atoms with Crippen LogP contribution in [0.5, 0.6) is 0 Å². The molecule has 4 heteroatoms. The second kappa shape index (κ2) is 7.10. The number of nitrogens with zero attached hydrogens (tertiary/aromatic N) is 2. The van der Waals surface area contributed by atoms with E-state index in [1.807, 2.05) is 0 Å². The molecule has 1 aromatic heterocycles. The van der Waals surface area contributed by atoms with Crippen molar-refractivity contribution in [1.82, 2.24) is 10.3 Å². The van der Waals surface area contributed by atoms with Gasteiger partial charge in [0.15, 0.2) is 5.13 Å². The van der Waals surface area contributed by atoms with Crippen LogP contribution in [-0.2, 0) is 6.54 Å². The molecule has 0 aromatic carbocycles. The van der Waals surface area contributed by atoms with Crippen molar-refractivity contribution in [1.29, 1.82) is 0 Å². The Hall–Kier alpha value is -0.610.